The number of aliphatic hydroxyl groups is 1. The van der Waals surface area contributed by atoms with E-state index in [0.717, 1.165) is 5.56 Å². The number of rotatable bonds is 2. The van der Waals surface area contributed by atoms with E-state index < -0.39 is 5.60 Å². The maximum absolute atomic E-state index is 10.6. The summed E-state index contributed by atoms with van der Waals surface area (Å²) in [6, 6.07) is 18.5. The van der Waals surface area contributed by atoms with E-state index in [1.807, 2.05) is 30.3 Å². The third-order valence-corrected chi connectivity index (χ3v) is 4.23. The topological polar surface area (TPSA) is 47.9 Å². The lowest BCUT2D eigenvalue weighted by molar-refractivity contribution is -0.0679. The van der Waals surface area contributed by atoms with Gasteiger partial charge in [-0.2, -0.15) is 0 Å². The molecule has 1 N–H and O–H groups in total. The Hall–Kier alpha value is -2.30. The van der Waals surface area contributed by atoms with Gasteiger partial charge in [-0.25, -0.2) is 0 Å². The highest BCUT2D eigenvalue weighted by atomic mass is 16.7. The summed E-state index contributed by atoms with van der Waals surface area (Å²) in [5, 5.41) is 10.6. The Labute approximate surface area is 142 Å². The third-order valence-electron chi connectivity index (χ3n) is 4.23. The average Bonchev–Trinajstić information content (AvgIpc) is 3.23. The quantitative estimate of drug-likeness (QED) is 0.911. The zero-order valence-corrected chi connectivity index (χ0v) is 13.6. The molecular weight excluding hydrogens is 304 g/mol. The first-order valence-electron chi connectivity index (χ1n) is 8.12. The maximum atomic E-state index is 10.6. The first-order valence-corrected chi connectivity index (χ1v) is 8.12. The zero-order valence-electron chi connectivity index (χ0n) is 13.6. The van der Waals surface area contributed by atoms with Gasteiger partial charge in [-0.15, -0.1) is 0 Å². The van der Waals surface area contributed by atoms with Crippen molar-refractivity contribution in [2.75, 3.05) is 20.0 Å². The lowest BCUT2D eigenvalue weighted by Crippen LogP contribution is -2.33. The molecule has 1 saturated heterocycles. The normalized spacial score (nSPS) is 18.0. The van der Waals surface area contributed by atoms with Crippen molar-refractivity contribution in [2.24, 2.45) is 0 Å². The molecule has 0 aliphatic carbocycles. The second-order valence-electron chi connectivity index (χ2n) is 5.81. The summed E-state index contributed by atoms with van der Waals surface area (Å²) in [6.45, 7) is 1.66. The van der Waals surface area contributed by atoms with Crippen LogP contribution in [0.3, 0.4) is 0 Å². The van der Waals surface area contributed by atoms with Gasteiger partial charge in [-0.05, 0) is 16.7 Å². The lowest BCUT2D eigenvalue weighted by atomic mass is 9.86. The van der Waals surface area contributed by atoms with Crippen LogP contribution in [0.15, 0.2) is 67.1 Å². The van der Waals surface area contributed by atoms with Crippen LogP contribution in [0, 0.1) is 0 Å². The van der Waals surface area contributed by atoms with Crippen molar-refractivity contribution in [2.45, 2.75) is 18.4 Å². The van der Waals surface area contributed by atoms with Crippen LogP contribution < -0.4 is 0 Å². The Kier molecular flexibility index (Phi) is 5.51. The molecule has 0 amide bonds. The van der Waals surface area contributed by atoms with Gasteiger partial charge in [0.25, 0.3) is 0 Å². The van der Waals surface area contributed by atoms with Crippen molar-refractivity contribution in [3.63, 3.8) is 0 Å². The smallest absolute Gasteiger partial charge is 0.229 e. The highest BCUT2D eigenvalue weighted by Gasteiger charge is 2.31. The predicted molar refractivity (Wildman–Crippen MR) is 92.0 cm³/mol. The van der Waals surface area contributed by atoms with Gasteiger partial charge in [-0.1, -0.05) is 54.6 Å². The fraction of sp³-hybridized carbons (Fsp3) is 0.300. The van der Waals surface area contributed by atoms with Gasteiger partial charge in [0, 0.05) is 26.1 Å². The molecule has 0 spiro atoms. The van der Waals surface area contributed by atoms with Crippen molar-refractivity contribution in [1.29, 1.82) is 0 Å². The van der Waals surface area contributed by atoms with E-state index in [1.54, 1.807) is 0 Å². The Morgan fingerprint density at radius 3 is 1.88 bits per heavy atom. The van der Waals surface area contributed by atoms with Crippen molar-refractivity contribution < 1.29 is 19.3 Å². The minimum atomic E-state index is -0.715. The molecule has 4 rings (SSSR count). The van der Waals surface area contributed by atoms with Gasteiger partial charge in [0.15, 0.2) is 0 Å². The summed E-state index contributed by atoms with van der Waals surface area (Å²) in [7, 11) is 0. The van der Waals surface area contributed by atoms with Crippen LogP contribution in [0.1, 0.15) is 18.4 Å². The van der Waals surface area contributed by atoms with Crippen LogP contribution in [0.4, 0.5) is 0 Å². The van der Waals surface area contributed by atoms with E-state index in [1.165, 1.54) is 23.7 Å². The maximum Gasteiger partial charge on any atom is 0.229 e. The van der Waals surface area contributed by atoms with Crippen molar-refractivity contribution in [3.8, 4) is 11.1 Å². The summed E-state index contributed by atoms with van der Waals surface area (Å²) in [5.41, 5.74) is 2.66. The highest BCUT2D eigenvalue weighted by Crippen LogP contribution is 2.33. The molecule has 0 saturated carbocycles. The number of benzene rings is 2. The minimum absolute atomic E-state index is 0.389. The monoisotopic (exact) mass is 326 g/mol. The molecule has 2 heterocycles. The Morgan fingerprint density at radius 2 is 1.33 bits per heavy atom. The summed E-state index contributed by atoms with van der Waals surface area (Å²) in [5.74, 6) is 0. The zero-order chi connectivity index (χ0) is 16.7. The standard InChI is InChI=1S/C17H18O2.C3H4O2/c18-17(10-12-19-13-11-17)16-8-6-15(7-9-16)14-4-2-1-3-5-14;1-2-5-3-4-1/h1-9,18H,10-13H2;1-2H,3H2. The van der Waals surface area contributed by atoms with Crippen LogP contribution >= 0.6 is 0 Å². The second-order valence-corrected chi connectivity index (χ2v) is 5.81. The molecule has 24 heavy (non-hydrogen) atoms. The van der Waals surface area contributed by atoms with Gasteiger partial charge in [0.1, 0.15) is 12.5 Å². The predicted octanol–water partition coefficient (Wildman–Crippen LogP) is 3.81. The molecular formula is C20H22O4. The molecule has 0 radical (unpaired) electrons. The molecule has 0 bridgehead atoms. The van der Waals surface area contributed by atoms with E-state index >= 15 is 0 Å². The molecule has 4 nitrogen and oxygen atoms in total. The first kappa shape index (κ1) is 16.6. The Morgan fingerprint density at radius 1 is 0.750 bits per heavy atom. The molecule has 0 atom stereocenters. The van der Waals surface area contributed by atoms with E-state index in [4.69, 9.17) is 4.74 Å². The third kappa shape index (κ3) is 4.16. The minimum Gasteiger partial charge on any atom is -0.462 e. The first-order chi connectivity index (χ1) is 11.8. The molecule has 126 valence electrons. The molecule has 0 aromatic heterocycles. The molecule has 2 aliphatic rings. The van der Waals surface area contributed by atoms with Gasteiger partial charge in [-0.3, -0.25) is 0 Å². The van der Waals surface area contributed by atoms with Gasteiger partial charge in [0.05, 0.1) is 5.60 Å². The van der Waals surface area contributed by atoms with Crippen LogP contribution in [0.2, 0.25) is 0 Å². The van der Waals surface area contributed by atoms with E-state index in [2.05, 4.69) is 33.7 Å². The molecule has 2 aromatic carbocycles. The lowest BCUT2D eigenvalue weighted by Gasteiger charge is -2.32. The van der Waals surface area contributed by atoms with Crippen LogP contribution in [-0.2, 0) is 19.8 Å². The average molecular weight is 326 g/mol. The number of ether oxygens (including phenoxy) is 3. The highest BCUT2D eigenvalue weighted by molar-refractivity contribution is 5.63. The largest absolute Gasteiger partial charge is 0.462 e. The van der Waals surface area contributed by atoms with Gasteiger partial charge < -0.3 is 19.3 Å². The molecule has 1 fully saturated rings. The van der Waals surface area contributed by atoms with Crippen LogP contribution in [0.25, 0.3) is 11.1 Å². The molecule has 2 aromatic rings. The van der Waals surface area contributed by atoms with E-state index in [9.17, 15) is 5.11 Å². The second kappa shape index (κ2) is 7.99. The summed E-state index contributed by atoms with van der Waals surface area (Å²) < 4.78 is 14.4. The van der Waals surface area contributed by atoms with Crippen LogP contribution in [-0.4, -0.2) is 25.1 Å². The van der Waals surface area contributed by atoms with Crippen molar-refractivity contribution in [1.82, 2.24) is 0 Å². The number of hydrogen-bond donors (Lipinski definition) is 1. The van der Waals surface area contributed by atoms with Crippen molar-refractivity contribution in [3.05, 3.63) is 72.7 Å². The molecule has 2 aliphatic heterocycles. The Bertz CT molecular complexity index is 637. The summed E-state index contributed by atoms with van der Waals surface area (Å²) >= 11 is 0. The fourth-order valence-corrected chi connectivity index (χ4v) is 2.80. The number of hydrogen-bond acceptors (Lipinski definition) is 4. The summed E-state index contributed by atoms with van der Waals surface area (Å²) in [6.07, 6.45) is 4.38. The molecule has 0 unspecified atom stereocenters. The van der Waals surface area contributed by atoms with E-state index in [-0.39, 0.29) is 0 Å². The van der Waals surface area contributed by atoms with E-state index in [0.29, 0.717) is 32.8 Å². The van der Waals surface area contributed by atoms with Crippen molar-refractivity contribution >= 4 is 0 Å². The fourth-order valence-electron chi connectivity index (χ4n) is 2.80. The SMILES string of the molecule is C1=COCO1.OC1(c2ccc(-c3ccccc3)cc2)CCOCC1. The van der Waals surface area contributed by atoms with Crippen LogP contribution in [0.5, 0.6) is 0 Å². The molecule has 4 heteroatoms. The Balaban J connectivity index is 0.000000290. The van der Waals surface area contributed by atoms with Gasteiger partial charge >= 0.3 is 0 Å². The van der Waals surface area contributed by atoms with Gasteiger partial charge in [0.2, 0.25) is 6.79 Å². The summed E-state index contributed by atoms with van der Waals surface area (Å²) in [4.78, 5) is 0.